The molecule has 0 aliphatic carbocycles. The van der Waals surface area contributed by atoms with E-state index in [1.807, 2.05) is 46.8 Å². The van der Waals surface area contributed by atoms with Crippen molar-refractivity contribution in [1.82, 2.24) is 14.3 Å². The zero-order valence-electron chi connectivity index (χ0n) is 17.3. The molecule has 0 radical (unpaired) electrons. The Bertz CT molecular complexity index is 1010. The number of fused-ring (bicyclic) bond motifs is 1. The molecule has 1 aromatic heterocycles. The second-order valence-electron chi connectivity index (χ2n) is 8.51. The van der Waals surface area contributed by atoms with E-state index >= 15 is 0 Å². The van der Waals surface area contributed by atoms with Gasteiger partial charge < -0.3 is 0 Å². The van der Waals surface area contributed by atoms with E-state index in [4.69, 9.17) is 4.98 Å². The van der Waals surface area contributed by atoms with E-state index in [0.717, 1.165) is 11.1 Å². The number of aryl methyl sites for hydroxylation is 1. The maximum absolute atomic E-state index is 13.0. The van der Waals surface area contributed by atoms with Gasteiger partial charge in [-0.05, 0) is 65.7 Å². The summed E-state index contributed by atoms with van der Waals surface area (Å²) >= 11 is 0. The van der Waals surface area contributed by atoms with Gasteiger partial charge >= 0.3 is 0 Å². The number of nitriles is 1. The van der Waals surface area contributed by atoms with Gasteiger partial charge in [-0.15, -0.1) is 0 Å². The first kappa shape index (κ1) is 21.3. The van der Waals surface area contributed by atoms with Crippen LogP contribution in [-0.2, 0) is 23.4 Å². The van der Waals surface area contributed by atoms with E-state index in [1.54, 1.807) is 20.9 Å². The SMILES string of the molecule is Cc1cc([C@@H](C)NS(=O)C(C)(C)C)c2nc(C(C)(C)C#N)n(C)c(=O)c2c1. The zero-order valence-corrected chi connectivity index (χ0v) is 18.1. The van der Waals surface area contributed by atoms with Crippen LogP contribution in [-0.4, -0.2) is 18.5 Å². The molecule has 1 unspecified atom stereocenters. The van der Waals surface area contributed by atoms with Crippen molar-refractivity contribution in [3.8, 4) is 6.07 Å². The van der Waals surface area contributed by atoms with Crippen LogP contribution in [0.3, 0.4) is 0 Å². The third-order valence-corrected chi connectivity index (χ3v) is 6.18. The molecule has 1 heterocycles. The molecule has 1 aromatic carbocycles. The minimum Gasteiger partial charge on any atom is -0.298 e. The maximum atomic E-state index is 13.0. The molecule has 146 valence electrons. The molecule has 0 aliphatic rings. The highest BCUT2D eigenvalue weighted by Gasteiger charge is 2.28. The van der Waals surface area contributed by atoms with Gasteiger partial charge in [-0.3, -0.25) is 9.36 Å². The fourth-order valence-electron chi connectivity index (χ4n) is 2.89. The van der Waals surface area contributed by atoms with Crippen LogP contribution < -0.4 is 10.3 Å². The van der Waals surface area contributed by atoms with Gasteiger partial charge in [-0.25, -0.2) is 13.9 Å². The summed E-state index contributed by atoms with van der Waals surface area (Å²) in [4.78, 5) is 17.7. The van der Waals surface area contributed by atoms with Crippen LogP contribution >= 0.6 is 0 Å². The third-order valence-electron chi connectivity index (χ3n) is 4.50. The van der Waals surface area contributed by atoms with Gasteiger partial charge in [0.25, 0.3) is 5.56 Å². The van der Waals surface area contributed by atoms with Crippen molar-refractivity contribution in [3.63, 3.8) is 0 Å². The fourth-order valence-corrected chi connectivity index (χ4v) is 3.69. The van der Waals surface area contributed by atoms with Crippen LogP contribution in [0.2, 0.25) is 0 Å². The Balaban J connectivity index is 2.76. The highest BCUT2D eigenvalue weighted by Crippen LogP contribution is 2.27. The Morgan fingerprint density at radius 3 is 2.37 bits per heavy atom. The van der Waals surface area contributed by atoms with E-state index < -0.39 is 21.1 Å². The van der Waals surface area contributed by atoms with Crippen molar-refractivity contribution in [1.29, 1.82) is 5.26 Å². The summed E-state index contributed by atoms with van der Waals surface area (Å²) in [5.41, 5.74) is 1.18. The first-order valence-corrected chi connectivity index (χ1v) is 10.1. The summed E-state index contributed by atoms with van der Waals surface area (Å²) in [6.07, 6.45) is 0. The minimum atomic E-state index is -1.26. The van der Waals surface area contributed by atoms with Gasteiger partial charge in [0.1, 0.15) is 11.2 Å². The predicted octanol–water partition coefficient (Wildman–Crippen LogP) is 3.16. The Morgan fingerprint density at radius 2 is 1.85 bits per heavy atom. The van der Waals surface area contributed by atoms with Crippen molar-refractivity contribution in [2.75, 3.05) is 0 Å². The maximum Gasteiger partial charge on any atom is 0.261 e. The summed E-state index contributed by atoms with van der Waals surface area (Å²) in [5.74, 6) is 0.414. The van der Waals surface area contributed by atoms with Crippen LogP contribution in [0, 0.1) is 18.3 Å². The molecule has 27 heavy (non-hydrogen) atoms. The van der Waals surface area contributed by atoms with Gasteiger partial charge in [0, 0.05) is 13.1 Å². The lowest BCUT2D eigenvalue weighted by atomic mass is 9.93. The molecule has 2 rings (SSSR count). The van der Waals surface area contributed by atoms with Gasteiger partial charge in [0.05, 0.1) is 32.7 Å². The Hall–Kier alpha value is -2.04. The number of hydrogen-bond acceptors (Lipinski definition) is 4. The summed E-state index contributed by atoms with van der Waals surface area (Å²) in [6, 6.07) is 5.71. The van der Waals surface area contributed by atoms with Crippen LogP contribution in [0.15, 0.2) is 16.9 Å². The molecular weight excluding hydrogens is 360 g/mol. The molecule has 6 nitrogen and oxygen atoms in total. The van der Waals surface area contributed by atoms with Gasteiger partial charge in [-0.2, -0.15) is 5.26 Å². The topological polar surface area (TPSA) is 87.8 Å². The average Bonchev–Trinajstić information content (AvgIpc) is 2.56. The highest BCUT2D eigenvalue weighted by atomic mass is 32.2. The summed E-state index contributed by atoms with van der Waals surface area (Å²) in [7, 11) is 0.376. The van der Waals surface area contributed by atoms with Crippen LogP contribution in [0.25, 0.3) is 10.9 Å². The molecule has 0 saturated heterocycles. The fraction of sp³-hybridized carbons (Fsp3) is 0.550. The van der Waals surface area contributed by atoms with Crippen LogP contribution in [0.1, 0.15) is 64.5 Å². The Kier molecular flexibility index (Phi) is 5.65. The summed E-state index contributed by atoms with van der Waals surface area (Å²) in [5, 5.41) is 10.0. The number of rotatable bonds is 4. The quantitative estimate of drug-likeness (QED) is 0.871. The molecule has 0 bridgehead atoms. The smallest absolute Gasteiger partial charge is 0.261 e. The highest BCUT2D eigenvalue weighted by molar-refractivity contribution is 7.84. The molecule has 2 atom stereocenters. The Labute approximate surface area is 163 Å². The van der Waals surface area contributed by atoms with E-state index in [0.29, 0.717) is 16.7 Å². The normalized spacial score (nSPS) is 14.8. The molecule has 7 heteroatoms. The molecule has 0 fully saturated rings. The largest absolute Gasteiger partial charge is 0.298 e. The summed E-state index contributed by atoms with van der Waals surface area (Å²) in [6.45, 7) is 13.0. The van der Waals surface area contributed by atoms with Gasteiger partial charge in [0.15, 0.2) is 0 Å². The third kappa shape index (κ3) is 4.12. The van der Waals surface area contributed by atoms with E-state index in [9.17, 15) is 14.3 Å². The molecule has 2 aromatic rings. The zero-order chi connectivity index (χ0) is 20.7. The first-order valence-electron chi connectivity index (χ1n) is 8.90. The molecular formula is C20H28N4O2S. The summed E-state index contributed by atoms with van der Waals surface area (Å²) < 4.78 is 16.7. The lowest BCUT2D eigenvalue weighted by Crippen LogP contribution is -2.35. The molecule has 0 amide bonds. The van der Waals surface area contributed by atoms with Crippen molar-refractivity contribution in [2.24, 2.45) is 7.05 Å². The van der Waals surface area contributed by atoms with E-state index in [1.165, 1.54) is 4.57 Å². The van der Waals surface area contributed by atoms with Crippen molar-refractivity contribution in [3.05, 3.63) is 39.4 Å². The van der Waals surface area contributed by atoms with Crippen LogP contribution in [0.4, 0.5) is 0 Å². The Morgan fingerprint density at radius 1 is 1.26 bits per heavy atom. The van der Waals surface area contributed by atoms with Crippen LogP contribution in [0.5, 0.6) is 0 Å². The predicted molar refractivity (Wildman–Crippen MR) is 110 cm³/mol. The minimum absolute atomic E-state index is 0.188. The molecule has 0 aliphatic heterocycles. The van der Waals surface area contributed by atoms with Crippen molar-refractivity contribution < 1.29 is 4.21 Å². The number of benzene rings is 1. The number of hydrogen-bond donors (Lipinski definition) is 1. The first-order chi connectivity index (χ1) is 12.3. The molecule has 1 N–H and O–H groups in total. The standard InChI is InChI=1S/C20H28N4O2S/c1-12-9-14(13(2)23-27(26)19(3,4)5)16-15(10-12)17(25)24(8)18(22-16)20(6,7)11-21/h9-10,13,23H,1-8H3/t13-,27?/m1/s1. The lowest BCUT2D eigenvalue weighted by Gasteiger charge is -2.24. The van der Waals surface area contributed by atoms with Crippen molar-refractivity contribution in [2.45, 2.75) is 64.7 Å². The molecule has 0 saturated carbocycles. The number of aromatic nitrogens is 2. The van der Waals surface area contributed by atoms with Crippen molar-refractivity contribution >= 4 is 21.9 Å². The van der Waals surface area contributed by atoms with E-state index in [2.05, 4.69) is 10.8 Å². The second kappa shape index (κ2) is 7.17. The molecule has 0 spiro atoms. The van der Waals surface area contributed by atoms with E-state index in [-0.39, 0.29) is 11.6 Å². The monoisotopic (exact) mass is 388 g/mol. The number of nitrogens with one attached hydrogen (secondary N) is 1. The average molecular weight is 389 g/mol. The second-order valence-corrected chi connectivity index (χ2v) is 10.5. The van der Waals surface area contributed by atoms with Gasteiger partial charge in [0.2, 0.25) is 0 Å². The number of nitrogens with zero attached hydrogens (tertiary/aromatic N) is 3. The van der Waals surface area contributed by atoms with Gasteiger partial charge in [-0.1, -0.05) is 6.07 Å². The lowest BCUT2D eigenvalue weighted by molar-refractivity contribution is 0.575.